The van der Waals surface area contributed by atoms with E-state index in [9.17, 15) is 4.79 Å². The van der Waals surface area contributed by atoms with Gasteiger partial charge in [-0.25, -0.2) is 4.98 Å². The van der Waals surface area contributed by atoms with Crippen LogP contribution in [0.25, 0.3) is 6.08 Å². The van der Waals surface area contributed by atoms with Gasteiger partial charge in [0.25, 0.3) is 0 Å². The quantitative estimate of drug-likeness (QED) is 0.871. The van der Waals surface area contributed by atoms with Crippen LogP contribution in [0.15, 0.2) is 35.7 Å². The minimum Gasteiger partial charge on any atom is -0.322 e. The Morgan fingerprint density at radius 3 is 3.05 bits per heavy atom. The van der Waals surface area contributed by atoms with Crippen LogP contribution < -0.4 is 5.32 Å². The lowest BCUT2D eigenvalue weighted by Crippen LogP contribution is -2.07. The summed E-state index contributed by atoms with van der Waals surface area (Å²) in [6.07, 6.45) is 3.08. The van der Waals surface area contributed by atoms with E-state index in [0.717, 1.165) is 10.7 Å². The average molecular weight is 269 g/mol. The summed E-state index contributed by atoms with van der Waals surface area (Å²) in [5, 5.41) is 14.3. The monoisotopic (exact) mass is 269 g/mol. The number of thiazole rings is 1. The first-order valence-electron chi connectivity index (χ1n) is 5.59. The number of aromatic nitrogens is 1. The smallest absolute Gasteiger partial charge is 0.248 e. The van der Waals surface area contributed by atoms with Crippen LogP contribution in [0.1, 0.15) is 16.3 Å². The lowest BCUT2D eigenvalue weighted by atomic mass is 10.2. The van der Waals surface area contributed by atoms with E-state index in [1.165, 1.54) is 17.4 Å². The van der Waals surface area contributed by atoms with Gasteiger partial charge in [-0.05, 0) is 31.2 Å². The highest BCUT2D eigenvalue weighted by Crippen LogP contribution is 2.11. The highest BCUT2D eigenvalue weighted by atomic mass is 32.1. The van der Waals surface area contributed by atoms with Crippen LogP contribution in [0.2, 0.25) is 0 Å². The number of anilines is 1. The van der Waals surface area contributed by atoms with Crippen LogP contribution in [0, 0.1) is 18.3 Å². The molecule has 1 amide bonds. The molecule has 0 aliphatic heterocycles. The van der Waals surface area contributed by atoms with Gasteiger partial charge in [-0.3, -0.25) is 4.79 Å². The van der Waals surface area contributed by atoms with Gasteiger partial charge in [0.15, 0.2) is 0 Å². The molecule has 2 rings (SSSR count). The van der Waals surface area contributed by atoms with E-state index in [1.54, 1.807) is 30.3 Å². The van der Waals surface area contributed by atoms with Crippen LogP contribution in [0.3, 0.4) is 0 Å². The molecule has 19 heavy (non-hydrogen) atoms. The molecule has 0 bridgehead atoms. The summed E-state index contributed by atoms with van der Waals surface area (Å²) < 4.78 is 0. The average Bonchev–Trinajstić information content (AvgIpc) is 2.82. The highest BCUT2D eigenvalue weighted by Gasteiger charge is 2.00. The zero-order valence-electron chi connectivity index (χ0n) is 10.3. The number of benzene rings is 1. The Balaban J connectivity index is 2.01. The molecule has 0 aliphatic carbocycles. The van der Waals surface area contributed by atoms with E-state index < -0.39 is 0 Å². The maximum absolute atomic E-state index is 11.7. The van der Waals surface area contributed by atoms with Crippen LogP contribution in [0.4, 0.5) is 5.69 Å². The molecule has 4 nitrogen and oxygen atoms in total. The molecule has 0 radical (unpaired) electrons. The molecule has 1 aromatic heterocycles. The van der Waals surface area contributed by atoms with Crippen LogP contribution in [-0.4, -0.2) is 10.9 Å². The van der Waals surface area contributed by atoms with E-state index in [0.29, 0.717) is 11.3 Å². The Kier molecular flexibility index (Phi) is 4.06. The number of rotatable bonds is 3. The van der Waals surface area contributed by atoms with Crippen molar-refractivity contribution in [3.63, 3.8) is 0 Å². The molecule has 0 fully saturated rings. The standard InChI is InChI=1S/C14H11N3OS/c1-10-16-13(9-19-10)5-6-14(18)17-12-4-2-3-11(7-12)8-15/h2-7,9H,1H3,(H,17,18)/b6-5+. The van der Waals surface area contributed by atoms with Crippen LogP contribution in [-0.2, 0) is 4.79 Å². The Morgan fingerprint density at radius 1 is 1.53 bits per heavy atom. The number of hydrogen-bond acceptors (Lipinski definition) is 4. The van der Waals surface area contributed by atoms with Crippen molar-refractivity contribution in [1.82, 2.24) is 4.98 Å². The van der Waals surface area contributed by atoms with Gasteiger partial charge in [0, 0.05) is 17.1 Å². The molecule has 0 atom stereocenters. The number of carbonyl (C=O) groups excluding carboxylic acids is 1. The number of aryl methyl sites for hydroxylation is 1. The lowest BCUT2D eigenvalue weighted by molar-refractivity contribution is -0.111. The first kappa shape index (κ1) is 13.0. The van der Waals surface area contributed by atoms with E-state index in [2.05, 4.69) is 10.3 Å². The Morgan fingerprint density at radius 2 is 2.37 bits per heavy atom. The third-order valence-corrected chi connectivity index (χ3v) is 3.09. The molecule has 0 spiro atoms. The molecule has 0 saturated heterocycles. The summed E-state index contributed by atoms with van der Waals surface area (Å²) >= 11 is 1.53. The first-order chi connectivity index (χ1) is 9.17. The molecule has 94 valence electrons. The van der Waals surface area contributed by atoms with Gasteiger partial charge in [-0.2, -0.15) is 5.26 Å². The third kappa shape index (κ3) is 3.76. The number of amides is 1. The predicted octanol–water partition coefficient (Wildman–Crippen LogP) is 2.98. The number of hydrogen-bond donors (Lipinski definition) is 1. The predicted molar refractivity (Wildman–Crippen MR) is 75.7 cm³/mol. The van der Waals surface area contributed by atoms with Crippen molar-refractivity contribution in [3.05, 3.63) is 52.0 Å². The van der Waals surface area contributed by atoms with Crippen molar-refractivity contribution >= 4 is 29.0 Å². The fraction of sp³-hybridized carbons (Fsp3) is 0.0714. The molecule has 0 unspecified atom stereocenters. The topological polar surface area (TPSA) is 65.8 Å². The lowest BCUT2D eigenvalue weighted by Gasteiger charge is -2.01. The van der Waals surface area contributed by atoms with Gasteiger partial charge in [0.2, 0.25) is 5.91 Å². The van der Waals surface area contributed by atoms with Crippen molar-refractivity contribution in [2.45, 2.75) is 6.92 Å². The normalized spacial score (nSPS) is 10.3. The number of carbonyl (C=O) groups is 1. The summed E-state index contributed by atoms with van der Waals surface area (Å²) in [4.78, 5) is 15.9. The first-order valence-corrected chi connectivity index (χ1v) is 6.47. The SMILES string of the molecule is Cc1nc(/C=C/C(=O)Nc2cccc(C#N)c2)cs1. The second kappa shape index (κ2) is 5.94. The Labute approximate surface area is 115 Å². The Bertz CT molecular complexity index is 667. The molecule has 1 heterocycles. The maximum atomic E-state index is 11.7. The van der Waals surface area contributed by atoms with Gasteiger partial charge in [0.05, 0.1) is 22.3 Å². The minimum absolute atomic E-state index is 0.249. The molecule has 0 aliphatic rings. The van der Waals surface area contributed by atoms with Crippen molar-refractivity contribution in [2.75, 3.05) is 5.32 Å². The fourth-order valence-corrected chi connectivity index (χ4v) is 2.05. The van der Waals surface area contributed by atoms with Crippen LogP contribution in [0.5, 0.6) is 0 Å². The molecule has 2 aromatic rings. The van der Waals surface area contributed by atoms with Gasteiger partial charge >= 0.3 is 0 Å². The fourth-order valence-electron chi connectivity index (χ4n) is 1.47. The highest BCUT2D eigenvalue weighted by molar-refractivity contribution is 7.09. The molecular formula is C14H11N3OS. The summed E-state index contributed by atoms with van der Waals surface area (Å²) in [5.74, 6) is -0.249. The van der Waals surface area contributed by atoms with E-state index in [-0.39, 0.29) is 5.91 Å². The van der Waals surface area contributed by atoms with Crippen molar-refractivity contribution in [1.29, 1.82) is 5.26 Å². The van der Waals surface area contributed by atoms with E-state index in [1.807, 2.05) is 18.4 Å². The van der Waals surface area contributed by atoms with Gasteiger partial charge in [-0.15, -0.1) is 11.3 Å². The van der Waals surface area contributed by atoms with Crippen LogP contribution >= 0.6 is 11.3 Å². The summed E-state index contributed by atoms with van der Waals surface area (Å²) in [6.45, 7) is 1.91. The summed E-state index contributed by atoms with van der Waals surface area (Å²) in [6, 6.07) is 8.79. The largest absolute Gasteiger partial charge is 0.322 e. The number of nitrogens with zero attached hydrogens (tertiary/aromatic N) is 2. The summed E-state index contributed by atoms with van der Waals surface area (Å²) in [7, 11) is 0. The molecule has 0 saturated carbocycles. The second-order valence-electron chi connectivity index (χ2n) is 3.81. The molecule has 1 N–H and O–H groups in total. The zero-order chi connectivity index (χ0) is 13.7. The molecule has 5 heteroatoms. The van der Waals surface area contributed by atoms with Crippen molar-refractivity contribution in [3.8, 4) is 6.07 Å². The number of nitriles is 1. The Hall–Kier alpha value is -2.45. The zero-order valence-corrected chi connectivity index (χ0v) is 11.1. The maximum Gasteiger partial charge on any atom is 0.248 e. The van der Waals surface area contributed by atoms with E-state index >= 15 is 0 Å². The molecule has 1 aromatic carbocycles. The van der Waals surface area contributed by atoms with Gasteiger partial charge in [-0.1, -0.05) is 6.07 Å². The van der Waals surface area contributed by atoms with Crippen molar-refractivity contribution < 1.29 is 4.79 Å². The molecular weight excluding hydrogens is 258 g/mol. The van der Waals surface area contributed by atoms with Gasteiger partial charge in [0.1, 0.15) is 0 Å². The van der Waals surface area contributed by atoms with Crippen molar-refractivity contribution in [2.24, 2.45) is 0 Å². The third-order valence-electron chi connectivity index (χ3n) is 2.30. The second-order valence-corrected chi connectivity index (χ2v) is 4.87. The van der Waals surface area contributed by atoms with Gasteiger partial charge < -0.3 is 5.32 Å². The number of nitrogens with one attached hydrogen (secondary N) is 1. The summed E-state index contributed by atoms with van der Waals surface area (Å²) in [5.41, 5.74) is 1.88. The van der Waals surface area contributed by atoms with E-state index in [4.69, 9.17) is 5.26 Å². The minimum atomic E-state index is -0.249.